The number of piperazine rings is 1. The van der Waals surface area contributed by atoms with Crippen molar-refractivity contribution >= 4 is 5.91 Å². The highest BCUT2D eigenvalue weighted by molar-refractivity contribution is 5.76. The summed E-state index contributed by atoms with van der Waals surface area (Å²) in [6.45, 7) is 7.74. The van der Waals surface area contributed by atoms with Crippen molar-refractivity contribution in [3.63, 3.8) is 0 Å². The second-order valence-electron chi connectivity index (χ2n) is 7.44. The molecular formula is C19H27N3O3. The fraction of sp³-hybridized carbons (Fsp3) is 0.632. The highest BCUT2D eigenvalue weighted by Crippen LogP contribution is 2.32. The third kappa shape index (κ3) is 3.90. The molecule has 2 saturated heterocycles. The molecule has 3 heterocycles. The molecule has 0 aliphatic carbocycles. The molecule has 1 unspecified atom stereocenters. The zero-order valence-electron chi connectivity index (χ0n) is 14.9. The first kappa shape index (κ1) is 16.7. The lowest BCUT2D eigenvalue weighted by atomic mass is 9.97. The van der Waals surface area contributed by atoms with Crippen LogP contribution in [0.3, 0.4) is 0 Å². The van der Waals surface area contributed by atoms with Gasteiger partial charge in [0.1, 0.15) is 0 Å². The average molecular weight is 345 g/mol. The molecule has 4 rings (SSSR count). The predicted octanol–water partition coefficient (Wildman–Crippen LogP) is 1.40. The molecule has 2 fully saturated rings. The fourth-order valence-electron chi connectivity index (χ4n) is 4.04. The highest BCUT2D eigenvalue weighted by atomic mass is 16.7. The van der Waals surface area contributed by atoms with E-state index in [4.69, 9.17) is 9.47 Å². The summed E-state index contributed by atoms with van der Waals surface area (Å²) in [7, 11) is 1.93. The van der Waals surface area contributed by atoms with Crippen LogP contribution >= 0.6 is 0 Å². The van der Waals surface area contributed by atoms with E-state index in [0.717, 1.165) is 63.7 Å². The van der Waals surface area contributed by atoms with Crippen LogP contribution in [0.2, 0.25) is 0 Å². The zero-order valence-corrected chi connectivity index (χ0v) is 14.9. The summed E-state index contributed by atoms with van der Waals surface area (Å²) < 4.78 is 10.8. The van der Waals surface area contributed by atoms with Crippen molar-refractivity contribution in [2.75, 3.05) is 53.1 Å². The Morgan fingerprint density at radius 2 is 1.84 bits per heavy atom. The summed E-state index contributed by atoms with van der Waals surface area (Å²) in [5.41, 5.74) is 1.28. The maximum Gasteiger partial charge on any atom is 0.231 e. The van der Waals surface area contributed by atoms with Crippen molar-refractivity contribution < 1.29 is 14.3 Å². The van der Waals surface area contributed by atoms with Gasteiger partial charge in [-0.15, -0.1) is 0 Å². The van der Waals surface area contributed by atoms with Gasteiger partial charge in [-0.3, -0.25) is 9.69 Å². The van der Waals surface area contributed by atoms with Crippen molar-refractivity contribution in [2.45, 2.75) is 19.4 Å². The van der Waals surface area contributed by atoms with Gasteiger partial charge in [0, 0.05) is 59.3 Å². The van der Waals surface area contributed by atoms with Crippen molar-refractivity contribution in [1.82, 2.24) is 14.7 Å². The lowest BCUT2D eigenvalue weighted by Gasteiger charge is -2.38. The van der Waals surface area contributed by atoms with E-state index in [1.165, 1.54) is 5.56 Å². The van der Waals surface area contributed by atoms with E-state index in [1.54, 1.807) is 0 Å². The number of carbonyl (C=O) groups is 1. The molecule has 0 saturated carbocycles. The number of hydrogen-bond acceptors (Lipinski definition) is 5. The Hall–Kier alpha value is -1.79. The molecule has 1 aromatic carbocycles. The van der Waals surface area contributed by atoms with Gasteiger partial charge < -0.3 is 19.3 Å². The Morgan fingerprint density at radius 1 is 1.08 bits per heavy atom. The lowest BCUT2D eigenvalue weighted by Crippen LogP contribution is -2.49. The first-order chi connectivity index (χ1) is 12.2. The van der Waals surface area contributed by atoms with Gasteiger partial charge in [-0.1, -0.05) is 6.07 Å². The number of ether oxygens (including phenoxy) is 2. The molecule has 25 heavy (non-hydrogen) atoms. The number of carbonyl (C=O) groups excluding carboxylic acids is 1. The van der Waals surface area contributed by atoms with Crippen molar-refractivity contribution in [1.29, 1.82) is 0 Å². The average Bonchev–Trinajstić information content (AvgIpc) is 3.08. The van der Waals surface area contributed by atoms with Gasteiger partial charge in [-0.25, -0.2) is 0 Å². The predicted molar refractivity (Wildman–Crippen MR) is 94.6 cm³/mol. The molecule has 0 N–H and O–H groups in total. The molecule has 6 heteroatoms. The van der Waals surface area contributed by atoms with Crippen LogP contribution < -0.4 is 9.47 Å². The van der Waals surface area contributed by atoms with Gasteiger partial charge in [-0.05, 0) is 30.0 Å². The van der Waals surface area contributed by atoms with E-state index in [-0.39, 0.29) is 0 Å². The number of rotatable bonds is 4. The van der Waals surface area contributed by atoms with Crippen LogP contribution in [0.5, 0.6) is 11.5 Å². The van der Waals surface area contributed by atoms with Crippen molar-refractivity contribution in [2.24, 2.45) is 5.92 Å². The third-order valence-corrected chi connectivity index (χ3v) is 5.55. The van der Waals surface area contributed by atoms with Crippen LogP contribution in [0.15, 0.2) is 18.2 Å². The monoisotopic (exact) mass is 345 g/mol. The zero-order chi connectivity index (χ0) is 17.2. The Labute approximate surface area is 149 Å². The topological polar surface area (TPSA) is 45.2 Å². The largest absolute Gasteiger partial charge is 0.454 e. The quantitative estimate of drug-likeness (QED) is 0.825. The van der Waals surface area contributed by atoms with Gasteiger partial charge in [0.05, 0.1) is 0 Å². The smallest absolute Gasteiger partial charge is 0.231 e. The number of hydrogen-bond donors (Lipinski definition) is 0. The highest BCUT2D eigenvalue weighted by Gasteiger charge is 2.26. The maximum absolute atomic E-state index is 11.6. The van der Waals surface area contributed by atoms with E-state index >= 15 is 0 Å². The van der Waals surface area contributed by atoms with Crippen LogP contribution in [0.25, 0.3) is 0 Å². The fourth-order valence-corrected chi connectivity index (χ4v) is 4.04. The maximum atomic E-state index is 11.6. The van der Waals surface area contributed by atoms with Crippen LogP contribution in [0, 0.1) is 5.92 Å². The van der Waals surface area contributed by atoms with E-state index in [2.05, 4.69) is 21.9 Å². The molecular weight excluding hydrogens is 318 g/mol. The van der Waals surface area contributed by atoms with Gasteiger partial charge >= 0.3 is 0 Å². The van der Waals surface area contributed by atoms with Gasteiger partial charge in [-0.2, -0.15) is 0 Å². The molecule has 0 spiro atoms. The Balaban J connectivity index is 1.24. The Kier molecular flexibility index (Phi) is 4.81. The number of piperidine rings is 1. The minimum Gasteiger partial charge on any atom is -0.454 e. The first-order valence-corrected chi connectivity index (χ1v) is 9.24. The molecule has 0 aromatic heterocycles. The van der Waals surface area contributed by atoms with E-state index < -0.39 is 0 Å². The van der Waals surface area contributed by atoms with Crippen molar-refractivity contribution in [3.05, 3.63) is 23.8 Å². The Morgan fingerprint density at radius 3 is 2.64 bits per heavy atom. The van der Waals surface area contributed by atoms with Gasteiger partial charge in [0.25, 0.3) is 0 Å². The molecule has 3 aliphatic heterocycles. The molecule has 3 aliphatic rings. The molecule has 6 nitrogen and oxygen atoms in total. The summed E-state index contributed by atoms with van der Waals surface area (Å²) in [6.07, 6.45) is 1.76. The number of fused-ring (bicyclic) bond motifs is 1. The molecule has 1 atom stereocenters. The lowest BCUT2D eigenvalue weighted by molar-refractivity contribution is -0.133. The number of benzene rings is 1. The van der Waals surface area contributed by atoms with Crippen LogP contribution in [-0.4, -0.2) is 73.7 Å². The summed E-state index contributed by atoms with van der Waals surface area (Å²) in [5.74, 6) is 2.64. The number of likely N-dealkylation sites (tertiary alicyclic amines) is 1. The molecule has 1 amide bonds. The molecule has 136 valence electrons. The van der Waals surface area contributed by atoms with Crippen molar-refractivity contribution in [3.8, 4) is 11.5 Å². The van der Waals surface area contributed by atoms with E-state index in [0.29, 0.717) is 25.0 Å². The minimum atomic E-state index is 0.296. The molecule has 0 bridgehead atoms. The van der Waals surface area contributed by atoms with Gasteiger partial charge in [0.15, 0.2) is 11.5 Å². The summed E-state index contributed by atoms with van der Waals surface area (Å²) in [5, 5.41) is 0. The van der Waals surface area contributed by atoms with Crippen LogP contribution in [0.1, 0.15) is 18.4 Å². The van der Waals surface area contributed by atoms with E-state index in [9.17, 15) is 4.79 Å². The summed E-state index contributed by atoms with van der Waals surface area (Å²) >= 11 is 0. The van der Waals surface area contributed by atoms with Crippen LogP contribution in [0.4, 0.5) is 0 Å². The Bertz CT molecular complexity index is 628. The standard InChI is InChI=1S/C19H27N3O3/c1-20-11-16(3-5-19(20)23)13-22-8-6-21(7-9-22)12-15-2-4-17-18(10-15)25-14-24-17/h2,4,10,16H,3,5-9,11-14H2,1H3. The second-order valence-corrected chi connectivity index (χ2v) is 7.44. The molecule has 1 aromatic rings. The molecule has 0 radical (unpaired) electrons. The normalized spacial score (nSPS) is 24.8. The van der Waals surface area contributed by atoms with Gasteiger partial charge in [0.2, 0.25) is 12.7 Å². The summed E-state index contributed by atoms with van der Waals surface area (Å²) in [6, 6.07) is 6.24. The van der Waals surface area contributed by atoms with Crippen LogP contribution in [-0.2, 0) is 11.3 Å². The second kappa shape index (κ2) is 7.22. The number of amides is 1. The SMILES string of the molecule is CN1CC(CN2CCN(Cc3ccc4c(c3)OCO4)CC2)CCC1=O. The number of nitrogens with zero attached hydrogens (tertiary/aromatic N) is 3. The first-order valence-electron chi connectivity index (χ1n) is 9.24. The van der Waals surface area contributed by atoms with E-state index in [1.807, 2.05) is 18.0 Å². The minimum absolute atomic E-state index is 0.296. The summed E-state index contributed by atoms with van der Waals surface area (Å²) in [4.78, 5) is 18.6. The third-order valence-electron chi connectivity index (χ3n) is 5.55.